The molecule has 0 unspecified atom stereocenters. The van der Waals surface area contributed by atoms with E-state index in [-0.39, 0.29) is 0 Å². The molecule has 1 rings (SSSR count). The quantitative estimate of drug-likeness (QED) is 0.623. The Labute approximate surface area is 75.1 Å². The van der Waals surface area contributed by atoms with Crippen molar-refractivity contribution in [2.45, 2.75) is 57.1 Å². The number of hydrogen-bond acceptors (Lipinski definition) is 1. The lowest BCUT2D eigenvalue weighted by Crippen LogP contribution is -2.23. The first kappa shape index (κ1) is 9.44. The molecular formula is C10H20S. The minimum atomic E-state index is 0.647. The molecule has 1 aliphatic carbocycles. The predicted octanol–water partition coefficient (Wildman–Crippen LogP) is 3.85. The van der Waals surface area contributed by atoms with Gasteiger partial charge in [0.25, 0.3) is 0 Å². The van der Waals surface area contributed by atoms with Crippen molar-refractivity contribution < 1.29 is 0 Å². The van der Waals surface area contributed by atoms with Gasteiger partial charge in [-0.05, 0) is 25.0 Å². The van der Waals surface area contributed by atoms with Gasteiger partial charge < -0.3 is 0 Å². The van der Waals surface area contributed by atoms with Gasteiger partial charge in [0.1, 0.15) is 0 Å². The number of thioether (sulfide) groups is 1. The van der Waals surface area contributed by atoms with Crippen LogP contribution in [0.25, 0.3) is 0 Å². The molecule has 0 heterocycles. The van der Waals surface area contributed by atoms with Crippen LogP contribution in [0.1, 0.15) is 52.4 Å². The van der Waals surface area contributed by atoms with E-state index in [1.54, 1.807) is 0 Å². The zero-order chi connectivity index (χ0) is 8.16. The monoisotopic (exact) mass is 172 g/mol. The molecule has 0 aromatic heterocycles. The van der Waals surface area contributed by atoms with Crippen LogP contribution < -0.4 is 0 Å². The van der Waals surface area contributed by atoms with E-state index in [1.165, 1.54) is 44.3 Å². The molecule has 0 amide bonds. The molecular weight excluding hydrogens is 152 g/mol. The smallest absolute Gasteiger partial charge is 0.0131 e. The third-order valence-corrected chi connectivity index (χ3v) is 4.28. The molecule has 0 spiro atoms. The van der Waals surface area contributed by atoms with Crippen molar-refractivity contribution in [3.63, 3.8) is 0 Å². The zero-order valence-corrected chi connectivity index (χ0v) is 8.67. The van der Waals surface area contributed by atoms with Gasteiger partial charge in [-0.2, -0.15) is 11.8 Å². The van der Waals surface area contributed by atoms with Crippen LogP contribution in [-0.4, -0.2) is 10.5 Å². The van der Waals surface area contributed by atoms with E-state index in [1.807, 2.05) is 0 Å². The second-order valence-corrected chi connectivity index (χ2v) is 5.54. The molecule has 0 aromatic rings. The van der Waals surface area contributed by atoms with Gasteiger partial charge in [-0.3, -0.25) is 0 Å². The summed E-state index contributed by atoms with van der Waals surface area (Å²) in [5.41, 5.74) is 0. The Bertz CT molecular complexity index is 103. The molecule has 0 nitrogen and oxygen atoms in total. The molecule has 0 atom stereocenters. The zero-order valence-electron chi connectivity index (χ0n) is 7.86. The van der Waals surface area contributed by atoms with Gasteiger partial charge in [0.15, 0.2) is 0 Å². The maximum absolute atomic E-state index is 2.45. The maximum atomic E-state index is 2.45. The highest BCUT2D eigenvalue weighted by Crippen LogP contribution is 2.39. The summed E-state index contributed by atoms with van der Waals surface area (Å²) < 4.78 is 0.647. The van der Waals surface area contributed by atoms with E-state index < -0.39 is 0 Å². The molecule has 66 valence electrons. The van der Waals surface area contributed by atoms with Crippen molar-refractivity contribution in [3.05, 3.63) is 0 Å². The van der Waals surface area contributed by atoms with Gasteiger partial charge in [-0.15, -0.1) is 0 Å². The Kier molecular flexibility index (Phi) is 3.77. The highest BCUT2D eigenvalue weighted by atomic mass is 32.2. The third-order valence-electron chi connectivity index (χ3n) is 2.57. The summed E-state index contributed by atoms with van der Waals surface area (Å²) >= 11 is 2.20. The lowest BCUT2D eigenvalue weighted by Gasteiger charge is -2.32. The van der Waals surface area contributed by atoms with Crippen LogP contribution in [0.2, 0.25) is 0 Å². The average molecular weight is 172 g/mol. The van der Waals surface area contributed by atoms with Gasteiger partial charge in [-0.1, -0.05) is 33.1 Å². The molecule has 0 saturated heterocycles. The lowest BCUT2D eigenvalue weighted by molar-refractivity contribution is 0.422. The Balaban J connectivity index is 2.25. The van der Waals surface area contributed by atoms with Crippen LogP contribution in [0.15, 0.2) is 0 Å². The Morgan fingerprint density at radius 3 is 2.36 bits per heavy atom. The van der Waals surface area contributed by atoms with E-state index in [4.69, 9.17) is 0 Å². The van der Waals surface area contributed by atoms with Crippen LogP contribution in [0, 0.1) is 0 Å². The molecule has 1 heteroatoms. The van der Waals surface area contributed by atoms with Gasteiger partial charge in [0.05, 0.1) is 0 Å². The second-order valence-electron chi connectivity index (χ2n) is 3.86. The van der Waals surface area contributed by atoms with Crippen molar-refractivity contribution in [2.24, 2.45) is 0 Å². The summed E-state index contributed by atoms with van der Waals surface area (Å²) in [6.45, 7) is 4.73. The molecule has 0 aliphatic heterocycles. The Morgan fingerprint density at radius 1 is 1.18 bits per heavy atom. The van der Waals surface area contributed by atoms with Crippen LogP contribution in [0.5, 0.6) is 0 Å². The summed E-state index contributed by atoms with van der Waals surface area (Å²) in [6.07, 6.45) is 8.65. The highest BCUT2D eigenvalue weighted by Gasteiger charge is 2.26. The van der Waals surface area contributed by atoms with Crippen LogP contribution >= 0.6 is 11.8 Å². The van der Waals surface area contributed by atoms with E-state index in [0.29, 0.717) is 4.75 Å². The topological polar surface area (TPSA) is 0 Å². The maximum Gasteiger partial charge on any atom is 0.0131 e. The molecule has 11 heavy (non-hydrogen) atoms. The first-order chi connectivity index (χ1) is 5.27. The van der Waals surface area contributed by atoms with Crippen molar-refractivity contribution in [2.75, 3.05) is 5.75 Å². The summed E-state index contributed by atoms with van der Waals surface area (Å²) in [7, 11) is 0. The summed E-state index contributed by atoms with van der Waals surface area (Å²) in [5.74, 6) is 1.36. The van der Waals surface area contributed by atoms with E-state index in [2.05, 4.69) is 25.6 Å². The molecule has 1 aliphatic rings. The van der Waals surface area contributed by atoms with E-state index >= 15 is 0 Å². The average Bonchev–Trinajstić information content (AvgIpc) is 2.03. The van der Waals surface area contributed by atoms with Gasteiger partial charge in [-0.25, -0.2) is 0 Å². The fraction of sp³-hybridized carbons (Fsp3) is 1.00. The van der Waals surface area contributed by atoms with Crippen LogP contribution in [0.3, 0.4) is 0 Å². The SMILES string of the molecule is CCCSC1(C)CCCCC1. The van der Waals surface area contributed by atoms with Gasteiger partial charge in [0.2, 0.25) is 0 Å². The van der Waals surface area contributed by atoms with Crippen molar-refractivity contribution in [1.29, 1.82) is 0 Å². The largest absolute Gasteiger partial charge is 0.155 e. The minimum Gasteiger partial charge on any atom is -0.155 e. The molecule has 1 saturated carbocycles. The summed E-state index contributed by atoms with van der Waals surface area (Å²) in [4.78, 5) is 0. The second kappa shape index (κ2) is 4.39. The Morgan fingerprint density at radius 2 is 1.82 bits per heavy atom. The molecule has 0 bridgehead atoms. The van der Waals surface area contributed by atoms with E-state index in [0.717, 1.165) is 0 Å². The van der Waals surface area contributed by atoms with Crippen molar-refractivity contribution in [1.82, 2.24) is 0 Å². The normalized spacial score (nSPS) is 23.5. The fourth-order valence-corrected chi connectivity index (χ4v) is 3.07. The van der Waals surface area contributed by atoms with Crippen molar-refractivity contribution >= 4 is 11.8 Å². The summed E-state index contributed by atoms with van der Waals surface area (Å²) in [6, 6.07) is 0. The molecule has 0 N–H and O–H groups in total. The van der Waals surface area contributed by atoms with Crippen LogP contribution in [0.4, 0.5) is 0 Å². The minimum absolute atomic E-state index is 0.647. The van der Waals surface area contributed by atoms with E-state index in [9.17, 15) is 0 Å². The molecule has 1 fully saturated rings. The van der Waals surface area contributed by atoms with Crippen LogP contribution in [-0.2, 0) is 0 Å². The highest BCUT2D eigenvalue weighted by molar-refractivity contribution is 8.00. The lowest BCUT2D eigenvalue weighted by atomic mass is 9.90. The standard InChI is InChI=1S/C10H20S/c1-3-9-11-10(2)7-5-4-6-8-10/h3-9H2,1-2H3. The third kappa shape index (κ3) is 3.06. The number of rotatable bonds is 3. The predicted molar refractivity (Wildman–Crippen MR) is 54.2 cm³/mol. The van der Waals surface area contributed by atoms with Gasteiger partial charge >= 0.3 is 0 Å². The Hall–Kier alpha value is 0.350. The molecule has 0 radical (unpaired) electrons. The molecule has 0 aromatic carbocycles. The first-order valence-electron chi connectivity index (χ1n) is 4.91. The summed E-state index contributed by atoms with van der Waals surface area (Å²) in [5, 5.41) is 0. The number of hydrogen-bond donors (Lipinski definition) is 0. The first-order valence-corrected chi connectivity index (χ1v) is 5.89. The van der Waals surface area contributed by atoms with Gasteiger partial charge in [0, 0.05) is 4.75 Å². The van der Waals surface area contributed by atoms with Crippen molar-refractivity contribution in [3.8, 4) is 0 Å². The fourth-order valence-electron chi connectivity index (χ4n) is 1.79.